The molecule has 1 aliphatic heterocycles. The molecule has 0 radical (unpaired) electrons. The summed E-state index contributed by atoms with van der Waals surface area (Å²) in [5.74, 6) is 3.61. The molecular weight excluding hydrogens is 418 g/mol. The monoisotopic (exact) mass is 460 g/mol. The van der Waals surface area contributed by atoms with Crippen molar-refractivity contribution in [2.24, 2.45) is 23.7 Å². The fourth-order valence-electron chi connectivity index (χ4n) is 6.52. The summed E-state index contributed by atoms with van der Waals surface area (Å²) in [5, 5.41) is 0. The van der Waals surface area contributed by atoms with Gasteiger partial charge in [0.1, 0.15) is 0 Å². The third kappa shape index (κ3) is 7.11. The molecule has 184 valence electrons. The minimum atomic E-state index is -1.58. The molecule has 0 atom stereocenters. The van der Waals surface area contributed by atoms with E-state index in [2.05, 4.69) is 31.2 Å². The third-order valence-corrected chi connectivity index (χ3v) is 8.51. The molecule has 1 heterocycles. The number of ether oxygens (including phenoxy) is 2. The maximum Gasteiger partial charge on any atom is 0.266 e. The molecule has 1 aromatic carbocycles. The molecule has 2 nitrogen and oxygen atoms in total. The molecule has 4 heteroatoms. The first-order chi connectivity index (χ1) is 16.1. The van der Waals surface area contributed by atoms with E-state index in [4.69, 9.17) is 9.47 Å². The average Bonchev–Trinajstić information content (AvgIpc) is 2.85. The van der Waals surface area contributed by atoms with Gasteiger partial charge < -0.3 is 9.47 Å². The van der Waals surface area contributed by atoms with Gasteiger partial charge in [0.05, 0.1) is 13.2 Å². The van der Waals surface area contributed by atoms with Crippen molar-refractivity contribution in [1.82, 2.24) is 0 Å². The number of aryl methyl sites for hydroxylation is 1. The number of hydrogen-bond acceptors (Lipinski definition) is 2. The van der Waals surface area contributed by atoms with Crippen molar-refractivity contribution in [3.63, 3.8) is 0 Å². The van der Waals surface area contributed by atoms with E-state index in [1.54, 1.807) is 0 Å². The average molecular weight is 461 g/mol. The topological polar surface area (TPSA) is 18.5 Å². The first-order valence-electron chi connectivity index (χ1n) is 13.5. The number of rotatable bonds is 8. The molecule has 1 aromatic rings. The van der Waals surface area contributed by atoms with E-state index in [-0.39, 0.29) is 6.29 Å². The van der Waals surface area contributed by atoms with Crippen molar-refractivity contribution in [1.29, 1.82) is 0 Å². The Morgan fingerprint density at radius 2 is 1.42 bits per heavy atom. The smallest absolute Gasteiger partial charge is 0.266 e. The predicted molar refractivity (Wildman–Crippen MR) is 129 cm³/mol. The van der Waals surface area contributed by atoms with Crippen molar-refractivity contribution in [2.75, 3.05) is 13.2 Å². The quantitative estimate of drug-likeness (QED) is 0.389. The molecule has 0 N–H and O–H groups in total. The zero-order chi connectivity index (χ0) is 23.0. The van der Waals surface area contributed by atoms with Crippen molar-refractivity contribution < 1.29 is 18.3 Å². The van der Waals surface area contributed by atoms with Gasteiger partial charge in [-0.25, -0.2) is 0 Å². The predicted octanol–water partition coefficient (Wildman–Crippen LogP) is 8.27. The van der Waals surface area contributed by atoms with Crippen molar-refractivity contribution in [3.05, 3.63) is 47.5 Å². The summed E-state index contributed by atoms with van der Waals surface area (Å²) in [4.78, 5) is 0. The Hall–Kier alpha value is -1.26. The molecule has 0 amide bonds. The molecule has 2 aliphatic carbocycles. The van der Waals surface area contributed by atoms with Gasteiger partial charge in [-0.1, -0.05) is 37.6 Å². The van der Waals surface area contributed by atoms with Crippen molar-refractivity contribution in [3.8, 4) is 0 Å². The summed E-state index contributed by atoms with van der Waals surface area (Å²) >= 11 is 0. The van der Waals surface area contributed by atoms with E-state index >= 15 is 0 Å². The van der Waals surface area contributed by atoms with Crippen molar-refractivity contribution in [2.45, 2.75) is 96.2 Å². The molecule has 0 aromatic heterocycles. The Bertz CT molecular complexity index is 718. The van der Waals surface area contributed by atoms with Crippen LogP contribution in [0.1, 0.15) is 94.6 Å². The van der Waals surface area contributed by atoms with Gasteiger partial charge in [0.2, 0.25) is 0 Å². The van der Waals surface area contributed by atoms with Gasteiger partial charge in [0, 0.05) is 11.8 Å². The molecular formula is C29H42F2O2. The molecule has 0 unspecified atom stereocenters. The lowest BCUT2D eigenvalue weighted by atomic mass is 9.68. The maximum atomic E-state index is 12.2. The van der Waals surface area contributed by atoms with Crippen LogP contribution >= 0.6 is 0 Å². The fraction of sp³-hybridized carbons (Fsp3) is 0.724. The van der Waals surface area contributed by atoms with Crippen LogP contribution in [0.3, 0.4) is 0 Å². The molecule has 0 bridgehead atoms. The Morgan fingerprint density at radius 1 is 0.848 bits per heavy atom. The highest BCUT2D eigenvalue weighted by Gasteiger charge is 2.35. The van der Waals surface area contributed by atoms with Crippen LogP contribution in [0, 0.1) is 23.7 Å². The van der Waals surface area contributed by atoms with Crippen LogP contribution in [0.2, 0.25) is 0 Å². The molecule has 3 fully saturated rings. The Kier molecular flexibility index (Phi) is 9.37. The highest BCUT2D eigenvalue weighted by molar-refractivity contribution is 5.26. The summed E-state index contributed by atoms with van der Waals surface area (Å²) in [6.07, 6.45) is 13.5. The van der Waals surface area contributed by atoms with Crippen LogP contribution < -0.4 is 0 Å². The summed E-state index contributed by atoms with van der Waals surface area (Å²) in [6.45, 7) is 4.00. The zero-order valence-corrected chi connectivity index (χ0v) is 20.3. The zero-order valence-electron chi connectivity index (χ0n) is 20.3. The molecule has 33 heavy (non-hydrogen) atoms. The highest BCUT2D eigenvalue weighted by atomic mass is 19.3. The van der Waals surface area contributed by atoms with Crippen molar-refractivity contribution >= 4 is 0 Å². The normalized spacial score (nSPS) is 32.9. The van der Waals surface area contributed by atoms with Gasteiger partial charge >= 0.3 is 0 Å². The minimum absolute atomic E-state index is 0.0461. The maximum absolute atomic E-state index is 12.2. The van der Waals surface area contributed by atoms with Crippen LogP contribution in [0.5, 0.6) is 0 Å². The SMILES string of the molecule is CCCC1COC(C2CCC(C3CCC(c4ccc(CCC=C(F)F)cc4)CC3)CC2)OC1. The van der Waals surface area contributed by atoms with Gasteiger partial charge in [-0.05, 0) is 106 Å². The lowest BCUT2D eigenvalue weighted by Gasteiger charge is -2.41. The second kappa shape index (κ2) is 12.4. The first-order valence-corrected chi connectivity index (χ1v) is 13.5. The summed E-state index contributed by atoms with van der Waals surface area (Å²) in [7, 11) is 0. The van der Waals surface area contributed by atoms with Gasteiger partial charge in [-0.15, -0.1) is 0 Å². The fourth-order valence-corrected chi connectivity index (χ4v) is 6.52. The van der Waals surface area contributed by atoms with Crippen LogP contribution in [0.4, 0.5) is 8.78 Å². The second-order valence-corrected chi connectivity index (χ2v) is 10.8. The van der Waals surface area contributed by atoms with Gasteiger partial charge in [0.15, 0.2) is 6.29 Å². The molecule has 0 spiro atoms. The third-order valence-electron chi connectivity index (χ3n) is 8.51. The molecule has 3 aliphatic rings. The first kappa shape index (κ1) is 24.9. The van der Waals surface area contributed by atoms with Crippen LogP contribution in [-0.4, -0.2) is 19.5 Å². The Balaban J connectivity index is 1.17. The van der Waals surface area contributed by atoms with Gasteiger partial charge in [-0.2, -0.15) is 8.78 Å². The largest absolute Gasteiger partial charge is 0.352 e. The van der Waals surface area contributed by atoms with Crippen LogP contribution in [0.15, 0.2) is 36.4 Å². The standard InChI is InChI=1S/C29H42F2O2/c1-2-4-22-19-32-29(33-20-22)27-17-15-26(16-18-27)25-13-11-24(12-14-25)23-9-7-21(8-10-23)5-3-6-28(30)31/h6-10,22,24-27,29H,2-5,11-20H2,1H3. The summed E-state index contributed by atoms with van der Waals surface area (Å²) < 4.78 is 36.6. The van der Waals surface area contributed by atoms with E-state index in [0.29, 0.717) is 30.6 Å². The van der Waals surface area contributed by atoms with E-state index in [1.165, 1.54) is 69.8 Å². The second-order valence-electron chi connectivity index (χ2n) is 10.8. The Labute approximate surface area is 199 Å². The summed E-state index contributed by atoms with van der Waals surface area (Å²) in [6, 6.07) is 8.73. The highest BCUT2D eigenvalue weighted by Crippen LogP contribution is 2.45. The number of halogens is 2. The van der Waals surface area contributed by atoms with E-state index in [1.807, 2.05) is 0 Å². The van der Waals surface area contributed by atoms with E-state index in [9.17, 15) is 8.78 Å². The number of benzene rings is 1. The molecule has 4 rings (SSSR count). The van der Waals surface area contributed by atoms with Crippen LogP contribution in [0.25, 0.3) is 0 Å². The molecule has 1 saturated heterocycles. The Morgan fingerprint density at radius 3 is 2.00 bits per heavy atom. The lowest BCUT2D eigenvalue weighted by molar-refractivity contribution is -0.230. The van der Waals surface area contributed by atoms with Gasteiger partial charge in [-0.3, -0.25) is 0 Å². The van der Waals surface area contributed by atoms with Crippen LogP contribution in [-0.2, 0) is 15.9 Å². The number of allylic oxidation sites excluding steroid dienone is 1. The van der Waals surface area contributed by atoms with Gasteiger partial charge in [0.25, 0.3) is 6.08 Å². The van der Waals surface area contributed by atoms with E-state index < -0.39 is 6.08 Å². The summed E-state index contributed by atoms with van der Waals surface area (Å²) in [5.41, 5.74) is 2.58. The molecule has 2 saturated carbocycles. The van der Waals surface area contributed by atoms with E-state index in [0.717, 1.165) is 36.7 Å². The lowest BCUT2D eigenvalue weighted by Crippen LogP contribution is -2.39. The minimum Gasteiger partial charge on any atom is -0.352 e. The number of hydrogen-bond donors (Lipinski definition) is 0.